The molecule has 0 spiro atoms. The summed E-state index contributed by atoms with van der Waals surface area (Å²) < 4.78 is 0. The number of H-pyrrole nitrogens is 1. The highest BCUT2D eigenvalue weighted by atomic mass is 16.4. The number of rotatable bonds is 9. The number of aromatic nitrogens is 1. The summed E-state index contributed by atoms with van der Waals surface area (Å²) in [6, 6.07) is 19.3. The van der Waals surface area contributed by atoms with E-state index in [2.05, 4.69) is 22.2 Å². The first-order valence-electron chi connectivity index (χ1n) is 10.2. The molecule has 4 N–H and O–H groups in total. The second-order valence-corrected chi connectivity index (χ2v) is 7.30. The number of nitrogens with one attached hydrogen (secondary N) is 3. The van der Waals surface area contributed by atoms with Crippen LogP contribution in [0.3, 0.4) is 0 Å². The molecule has 1 aromatic heterocycles. The molecule has 0 saturated heterocycles. The standard InChI is InChI=1S/C25H23N3O5/c1-16(12-13-22(30)31)27-25(33)20-14-21(29)19(15-26-20)24(32)28-23(17-8-4-2-5-9-17)18-10-6-3-7-11-18/h2-11,14-15,23H,1,12-13H2,(H,26,29)(H,27,33)(H,28,32)(H,30,31). The van der Waals surface area contributed by atoms with Gasteiger partial charge < -0.3 is 20.7 Å². The van der Waals surface area contributed by atoms with Crippen LogP contribution in [0, 0.1) is 0 Å². The van der Waals surface area contributed by atoms with E-state index < -0.39 is 29.3 Å². The van der Waals surface area contributed by atoms with Crippen molar-refractivity contribution in [2.24, 2.45) is 0 Å². The second-order valence-electron chi connectivity index (χ2n) is 7.30. The summed E-state index contributed by atoms with van der Waals surface area (Å²) in [7, 11) is 0. The van der Waals surface area contributed by atoms with Gasteiger partial charge in [-0.2, -0.15) is 0 Å². The molecule has 0 aliphatic carbocycles. The summed E-state index contributed by atoms with van der Waals surface area (Å²) in [5, 5.41) is 14.0. The summed E-state index contributed by atoms with van der Waals surface area (Å²) in [5.74, 6) is -2.26. The molecular weight excluding hydrogens is 422 g/mol. The van der Waals surface area contributed by atoms with Crippen molar-refractivity contribution < 1.29 is 19.5 Å². The zero-order valence-electron chi connectivity index (χ0n) is 17.7. The third-order valence-electron chi connectivity index (χ3n) is 4.87. The van der Waals surface area contributed by atoms with Crippen molar-refractivity contribution in [2.45, 2.75) is 18.9 Å². The van der Waals surface area contributed by atoms with Gasteiger partial charge in [0.15, 0.2) is 5.43 Å². The minimum Gasteiger partial charge on any atom is -0.481 e. The Morgan fingerprint density at radius 3 is 2.00 bits per heavy atom. The average molecular weight is 445 g/mol. The molecular formula is C25H23N3O5. The molecule has 0 atom stereocenters. The Labute approximate surface area is 190 Å². The Morgan fingerprint density at radius 2 is 1.48 bits per heavy atom. The van der Waals surface area contributed by atoms with E-state index in [1.54, 1.807) is 0 Å². The molecule has 8 nitrogen and oxygen atoms in total. The molecule has 2 aromatic carbocycles. The number of hydrogen-bond donors (Lipinski definition) is 4. The van der Waals surface area contributed by atoms with E-state index in [9.17, 15) is 19.2 Å². The van der Waals surface area contributed by atoms with Gasteiger partial charge in [-0.3, -0.25) is 19.2 Å². The third-order valence-corrected chi connectivity index (χ3v) is 4.87. The Balaban J connectivity index is 1.77. The fraction of sp³-hybridized carbons (Fsp3) is 0.120. The number of carboxylic acids is 1. The largest absolute Gasteiger partial charge is 0.481 e. The number of aromatic amines is 1. The summed E-state index contributed by atoms with van der Waals surface area (Å²) in [6.07, 6.45) is 1.06. The maximum Gasteiger partial charge on any atom is 0.303 e. The van der Waals surface area contributed by atoms with Crippen LogP contribution in [-0.2, 0) is 4.79 Å². The van der Waals surface area contributed by atoms with Crippen LogP contribution < -0.4 is 16.1 Å². The molecule has 0 unspecified atom stereocenters. The highest BCUT2D eigenvalue weighted by molar-refractivity contribution is 5.97. The first-order valence-corrected chi connectivity index (χ1v) is 10.2. The predicted octanol–water partition coefficient (Wildman–Crippen LogP) is 3.00. The molecule has 0 aliphatic heterocycles. The van der Waals surface area contributed by atoms with Gasteiger partial charge in [-0.1, -0.05) is 67.2 Å². The number of hydrogen-bond acceptors (Lipinski definition) is 4. The van der Waals surface area contributed by atoms with E-state index in [0.717, 1.165) is 17.2 Å². The van der Waals surface area contributed by atoms with Gasteiger partial charge in [0.25, 0.3) is 11.8 Å². The monoisotopic (exact) mass is 445 g/mol. The van der Waals surface area contributed by atoms with Crippen molar-refractivity contribution in [3.8, 4) is 0 Å². The molecule has 0 fully saturated rings. The zero-order valence-corrected chi connectivity index (χ0v) is 17.7. The van der Waals surface area contributed by atoms with Gasteiger partial charge >= 0.3 is 5.97 Å². The molecule has 2 amide bonds. The van der Waals surface area contributed by atoms with Crippen molar-refractivity contribution in [3.63, 3.8) is 0 Å². The maximum atomic E-state index is 12.9. The van der Waals surface area contributed by atoms with E-state index in [0.29, 0.717) is 0 Å². The topological polar surface area (TPSA) is 128 Å². The molecule has 168 valence electrons. The molecule has 33 heavy (non-hydrogen) atoms. The molecule has 0 bridgehead atoms. The molecule has 1 heterocycles. The van der Waals surface area contributed by atoms with Gasteiger partial charge in [0.05, 0.1) is 12.5 Å². The summed E-state index contributed by atoms with van der Waals surface area (Å²) in [4.78, 5) is 51.1. The Bertz CT molecular complexity index is 1180. The first-order chi connectivity index (χ1) is 15.8. The highest BCUT2D eigenvalue weighted by Gasteiger charge is 2.20. The predicted molar refractivity (Wildman–Crippen MR) is 123 cm³/mol. The minimum absolute atomic E-state index is 0.0617. The summed E-state index contributed by atoms with van der Waals surface area (Å²) in [6.45, 7) is 3.60. The van der Waals surface area contributed by atoms with Crippen LogP contribution in [0.2, 0.25) is 0 Å². The Kier molecular flexibility index (Phi) is 7.54. The average Bonchev–Trinajstić information content (AvgIpc) is 2.82. The van der Waals surface area contributed by atoms with E-state index in [1.165, 1.54) is 6.20 Å². The van der Waals surface area contributed by atoms with Crippen molar-refractivity contribution in [1.29, 1.82) is 0 Å². The van der Waals surface area contributed by atoms with E-state index in [1.807, 2.05) is 60.7 Å². The van der Waals surface area contributed by atoms with Gasteiger partial charge in [-0.05, 0) is 17.5 Å². The van der Waals surface area contributed by atoms with Crippen molar-refractivity contribution in [1.82, 2.24) is 15.6 Å². The fourth-order valence-electron chi connectivity index (χ4n) is 3.19. The zero-order chi connectivity index (χ0) is 23.8. The molecule has 0 saturated carbocycles. The van der Waals surface area contributed by atoms with Gasteiger partial charge in [-0.15, -0.1) is 0 Å². The Morgan fingerprint density at radius 1 is 0.909 bits per heavy atom. The number of pyridine rings is 1. The minimum atomic E-state index is -1.02. The number of carbonyl (C=O) groups is 3. The fourth-order valence-corrected chi connectivity index (χ4v) is 3.19. The van der Waals surface area contributed by atoms with Crippen molar-refractivity contribution in [3.05, 3.63) is 118 Å². The van der Waals surface area contributed by atoms with Crippen molar-refractivity contribution in [2.75, 3.05) is 0 Å². The van der Waals surface area contributed by atoms with E-state index in [-0.39, 0.29) is 29.8 Å². The molecule has 8 heteroatoms. The smallest absolute Gasteiger partial charge is 0.303 e. The SMILES string of the molecule is C=C(CCC(=O)O)NC(=O)c1cc(=O)c(C(=O)NC(c2ccccc2)c2ccccc2)c[nH]1. The van der Waals surface area contributed by atoms with Crippen LogP contribution in [0.1, 0.15) is 50.9 Å². The lowest BCUT2D eigenvalue weighted by molar-refractivity contribution is -0.137. The molecule has 0 radical (unpaired) electrons. The van der Waals surface area contributed by atoms with Crippen molar-refractivity contribution >= 4 is 17.8 Å². The molecule has 0 aliphatic rings. The van der Waals surface area contributed by atoms with Gasteiger partial charge in [0.2, 0.25) is 0 Å². The van der Waals surface area contributed by atoms with E-state index >= 15 is 0 Å². The summed E-state index contributed by atoms with van der Waals surface area (Å²) in [5.41, 5.74) is 1.06. The Hall–Kier alpha value is -4.46. The van der Waals surface area contributed by atoms with Gasteiger partial charge in [-0.25, -0.2) is 0 Å². The van der Waals surface area contributed by atoms with Crippen LogP contribution in [0.15, 0.2) is 90.0 Å². The van der Waals surface area contributed by atoms with Gasteiger partial charge in [0.1, 0.15) is 11.3 Å². The lowest BCUT2D eigenvalue weighted by Crippen LogP contribution is -2.33. The molecule has 3 rings (SSSR count). The van der Waals surface area contributed by atoms with Crippen LogP contribution in [0.4, 0.5) is 0 Å². The highest BCUT2D eigenvalue weighted by Crippen LogP contribution is 2.22. The van der Waals surface area contributed by atoms with Crippen LogP contribution in [-0.4, -0.2) is 27.9 Å². The number of carboxylic acid groups (broad SMARTS) is 1. The first kappa shape index (κ1) is 23.2. The lowest BCUT2D eigenvalue weighted by atomic mass is 9.98. The number of allylic oxidation sites excluding steroid dienone is 1. The molecule has 3 aromatic rings. The third kappa shape index (κ3) is 6.27. The number of carbonyl (C=O) groups excluding carboxylic acids is 2. The van der Waals surface area contributed by atoms with E-state index in [4.69, 9.17) is 5.11 Å². The lowest BCUT2D eigenvalue weighted by Gasteiger charge is -2.20. The number of amides is 2. The summed E-state index contributed by atoms with van der Waals surface area (Å²) >= 11 is 0. The second kappa shape index (κ2) is 10.7. The van der Waals surface area contributed by atoms with Gasteiger partial charge in [0, 0.05) is 18.0 Å². The van der Waals surface area contributed by atoms with Crippen LogP contribution in [0.25, 0.3) is 0 Å². The van der Waals surface area contributed by atoms with Crippen LogP contribution >= 0.6 is 0 Å². The van der Waals surface area contributed by atoms with Crippen LogP contribution in [0.5, 0.6) is 0 Å². The number of aliphatic carboxylic acids is 1. The normalized spacial score (nSPS) is 10.5. The quantitative estimate of drug-likeness (QED) is 0.403. The number of benzene rings is 2. The maximum absolute atomic E-state index is 12.9.